The number of nitrogens with zero attached hydrogens (tertiary/aromatic N) is 2. The average molecular weight is 324 g/mol. The van der Waals surface area contributed by atoms with Crippen molar-refractivity contribution in [1.82, 2.24) is 4.98 Å². The van der Waals surface area contributed by atoms with E-state index in [1.54, 1.807) is 13.2 Å². The molecule has 110 valence electrons. The van der Waals surface area contributed by atoms with Gasteiger partial charge in [0, 0.05) is 5.75 Å². The lowest BCUT2D eigenvalue weighted by molar-refractivity contribution is -0.137. The summed E-state index contributed by atoms with van der Waals surface area (Å²) in [6.45, 7) is -0.0731. The molecule has 1 atom stereocenters. The number of methoxy groups -OCH3 is 1. The number of rotatable bonds is 4. The third-order valence-electron chi connectivity index (χ3n) is 3.04. The van der Waals surface area contributed by atoms with Crippen LogP contribution in [0.2, 0.25) is 0 Å². The van der Waals surface area contributed by atoms with Crippen LogP contribution in [0.25, 0.3) is 10.2 Å². The summed E-state index contributed by atoms with van der Waals surface area (Å²) in [7, 11) is 1.55. The molecule has 1 aliphatic rings. The first-order chi connectivity index (χ1) is 10.1. The van der Waals surface area contributed by atoms with E-state index in [-0.39, 0.29) is 6.61 Å². The zero-order valence-electron chi connectivity index (χ0n) is 11.1. The molecular formula is C13H12N2O4S2. The molecule has 0 aliphatic carbocycles. The number of aliphatic imine (C=N–C) groups is 1. The van der Waals surface area contributed by atoms with Gasteiger partial charge < -0.3 is 14.9 Å². The summed E-state index contributed by atoms with van der Waals surface area (Å²) < 4.78 is 6.18. The van der Waals surface area contributed by atoms with Gasteiger partial charge in [-0.3, -0.25) is 4.99 Å². The minimum Gasteiger partial charge on any atom is -0.494 e. The Kier molecular flexibility index (Phi) is 3.83. The summed E-state index contributed by atoms with van der Waals surface area (Å²) in [5, 5.41) is 19.6. The highest BCUT2D eigenvalue weighted by atomic mass is 32.2. The number of carboxylic acid groups (broad SMARTS) is 1. The summed E-state index contributed by atoms with van der Waals surface area (Å²) in [6, 6.07) is 2.90. The Morgan fingerprint density at radius 3 is 2.95 bits per heavy atom. The molecule has 6 nitrogen and oxygen atoms in total. The van der Waals surface area contributed by atoms with Crippen LogP contribution < -0.4 is 4.74 Å². The van der Waals surface area contributed by atoms with Crippen molar-refractivity contribution in [3.8, 4) is 5.75 Å². The Bertz CT molecular complexity index is 741. The van der Waals surface area contributed by atoms with E-state index in [0.29, 0.717) is 27.1 Å². The molecule has 8 heteroatoms. The number of aromatic nitrogens is 1. The van der Waals surface area contributed by atoms with Gasteiger partial charge in [0.1, 0.15) is 21.3 Å². The maximum atomic E-state index is 10.9. The minimum absolute atomic E-state index is 0.0731. The van der Waals surface area contributed by atoms with Crippen molar-refractivity contribution in [3.05, 3.63) is 22.7 Å². The second-order valence-electron chi connectivity index (χ2n) is 4.42. The zero-order valence-corrected chi connectivity index (χ0v) is 12.7. The van der Waals surface area contributed by atoms with Gasteiger partial charge in [-0.2, -0.15) is 0 Å². The lowest BCUT2D eigenvalue weighted by atomic mass is 10.2. The molecule has 0 bridgehead atoms. The number of aliphatic carboxylic acids is 1. The number of ether oxygens (including phenoxy) is 1. The molecule has 1 aromatic carbocycles. The van der Waals surface area contributed by atoms with Gasteiger partial charge in [0.15, 0.2) is 6.04 Å². The van der Waals surface area contributed by atoms with Crippen LogP contribution >= 0.6 is 23.1 Å². The quantitative estimate of drug-likeness (QED) is 0.890. The van der Waals surface area contributed by atoms with Crippen LogP contribution in [0.5, 0.6) is 5.75 Å². The number of aliphatic hydroxyl groups is 1. The van der Waals surface area contributed by atoms with E-state index < -0.39 is 12.0 Å². The number of hydrogen-bond acceptors (Lipinski definition) is 7. The van der Waals surface area contributed by atoms with Gasteiger partial charge in [-0.05, 0) is 17.7 Å². The Labute approximate surface area is 128 Å². The largest absolute Gasteiger partial charge is 0.494 e. The Balaban J connectivity index is 2.05. The van der Waals surface area contributed by atoms with E-state index in [1.807, 2.05) is 6.07 Å². The van der Waals surface area contributed by atoms with E-state index in [1.165, 1.54) is 23.1 Å². The predicted molar refractivity (Wildman–Crippen MR) is 82.5 cm³/mol. The van der Waals surface area contributed by atoms with E-state index in [4.69, 9.17) is 9.84 Å². The van der Waals surface area contributed by atoms with Crippen molar-refractivity contribution in [2.24, 2.45) is 4.99 Å². The van der Waals surface area contributed by atoms with Gasteiger partial charge in [0.2, 0.25) is 0 Å². The molecule has 2 heterocycles. The standard InChI is InChI=1S/C13H12N2O4S2/c1-19-8-2-6(4-16)3-9-10(8)15-12(21-9)11-14-7(5-20-11)13(17)18/h2-3,7,16H,4-5H2,1H3,(H,17,18)/t7-/m1/s1. The third kappa shape index (κ3) is 2.61. The summed E-state index contributed by atoms with van der Waals surface area (Å²) in [5.41, 5.74) is 1.45. The van der Waals surface area contributed by atoms with Crippen LogP contribution in [0.4, 0.5) is 0 Å². The molecule has 0 spiro atoms. The molecule has 3 rings (SSSR count). The normalized spacial score (nSPS) is 18.0. The molecule has 21 heavy (non-hydrogen) atoms. The fourth-order valence-corrected chi connectivity index (χ4v) is 4.15. The van der Waals surface area contributed by atoms with Gasteiger partial charge >= 0.3 is 5.97 Å². The van der Waals surface area contributed by atoms with Crippen molar-refractivity contribution < 1.29 is 19.7 Å². The molecule has 1 aromatic heterocycles. The summed E-state index contributed by atoms with van der Waals surface area (Å²) in [6.07, 6.45) is 0. The number of carboxylic acids is 1. The molecule has 0 unspecified atom stereocenters. The molecule has 0 fully saturated rings. The van der Waals surface area contributed by atoms with Crippen molar-refractivity contribution in [2.45, 2.75) is 12.6 Å². The molecule has 2 aromatic rings. The first-order valence-electron chi connectivity index (χ1n) is 6.14. The molecule has 0 amide bonds. The van der Waals surface area contributed by atoms with Crippen LogP contribution in [0.15, 0.2) is 17.1 Å². The molecule has 0 saturated heterocycles. The highest BCUT2D eigenvalue weighted by Gasteiger charge is 2.27. The molecule has 0 radical (unpaired) electrons. The van der Waals surface area contributed by atoms with Gasteiger partial charge in [-0.25, -0.2) is 9.78 Å². The molecule has 1 aliphatic heterocycles. The number of thiazole rings is 1. The summed E-state index contributed by atoms with van der Waals surface area (Å²) in [5.74, 6) is 0.107. The topological polar surface area (TPSA) is 92.0 Å². The Morgan fingerprint density at radius 2 is 2.33 bits per heavy atom. The van der Waals surface area contributed by atoms with E-state index in [9.17, 15) is 9.90 Å². The second-order valence-corrected chi connectivity index (χ2v) is 6.46. The lowest BCUT2D eigenvalue weighted by Gasteiger charge is -2.02. The highest BCUT2D eigenvalue weighted by molar-refractivity contribution is 8.15. The van der Waals surface area contributed by atoms with Crippen LogP contribution in [0, 0.1) is 0 Å². The number of thioether (sulfide) groups is 1. The van der Waals surface area contributed by atoms with Crippen molar-refractivity contribution in [2.75, 3.05) is 12.9 Å². The van der Waals surface area contributed by atoms with E-state index in [0.717, 1.165) is 10.3 Å². The Morgan fingerprint density at radius 1 is 1.52 bits per heavy atom. The van der Waals surface area contributed by atoms with Crippen molar-refractivity contribution >= 4 is 44.3 Å². The van der Waals surface area contributed by atoms with Gasteiger partial charge in [0.25, 0.3) is 0 Å². The molecule has 0 saturated carbocycles. The number of carbonyl (C=O) groups is 1. The van der Waals surface area contributed by atoms with Crippen LogP contribution in [0.3, 0.4) is 0 Å². The van der Waals surface area contributed by atoms with Crippen LogP contribution in [-0.4, -0.2) is 45.1 Å². The predicted octanol–water partition coefficient (Wildman–Crippen LogP) is 1.74. The SMILES string of the molecule is COc1cc(CO)cc2sc(C3=N[C@@H](C(=O)O)CS3)nc12. The smallest absolute Gasteiger partial charge is 0.329 e. The second kappa shape index (κ2) is 5.63. The fraction of sp³-hybridized carbons (Fsp3) is 0.308. The van der Waals surface area contributed by atoms with E-state index >= 15 is 0 Å². The van der Waals surface area contributed by atoms with Crippen LogP contribution in [-0.2, 0) is 11.4 Å². The van der Waals surface area contributed by atoms with Crippen molar-refractivity contribution in [1.29, 1.82) is 0 Å². The van der Waals surface area contributed by atoms with Crippen molar-refractivity contribution in [3.63, 3.8) is 0 Å². The lowest BCUT2D eigenvalue weighted by Crippen LogP contribution is -2.17. The number of benzene rings is 1. The highest BCUT2D eigenvalue weighted by Crippen LogP contribution is 2.34. The summed E-state index contributed by atoms with van der Waals surface area (Å²) >= 11 is 2.82. The van der Waals surface area contributed by atoms with Gasteiger partial charge in [0.05, 0.1) is 18.4 Å². The van der Waals surface area contributed by atoms with Crippen LogP contribution in [0.1, 0.15) is 10.6 Å². The monoisotopic (exact) mass is 324 g/mol. The van der Waals surface area contributed by atoms with E-state index in [2.05, 4.69) is 9.98 Å². The average Bonchev–Trinajstić information content (AvgIpc) is 3.12. The fourth-order valence-electron chi connectivity index (χ4n) is 2.01. The first-order valence-corrected chi connectivity index (χ1v) is 7.94. The Hall–Kier alpha value is -1.64. The van der Waals surface area contributed by atoms with Gasteiger partial charge in [-0.1, -0.05) is 0 Å². The molecular weight excluding hydrogens is 312 g/mol. The maximum Gasteiger partial charge on any atom is 0.329 e. The number of aliphatic hydroxyl groups excluding tert-OH is 1. The molecule has 2 N–H and O–H groups in total. The number of hydrogen-bond donors (Lipinski definition) is 2. The zero-order chi connectivity index (χ0) is 15.0. The first kappa shape index (κ1) is 14.3. The minimum atomic E-state index is -0.918. The maximum absolute atomic E-state index is 10.9. The summed E-state index contributed by atoms with van der Waals surface area (Å²) in [4.78, 5) is 19.6. The third-order valence-corrected chi connectivity index (χ3v) is 5.23. The van der Waals surface area contributed by atoms with Gasteiger partial charge in [-0.15, -0.1) is 23.1 Å². The number of fused-ring (bicyclic) bond motifs is 1.